The van der Waals surface area contributed by atoms with Crippen molar-refractivity contribution in [3.8, 4) is 0 Å². The van der Waals surface area contributed by atoms with Gasteiger partial charge in [-0.3, -0.25) is 4.90 Å². The van der Waals surface area contributed by atoms with Crippen LogP contribution >= 0.6 is 0 Å². The Morgan fingerprint density at radius 2 is 1.93 bits per heavy atom. The van der Waals surface area contributed by atoms with Crippen LogP contribution in [0.25, 0.3) is 0 Å². The number of aliphatic hydroxyl groups is 1. The second-order valence-corrected chi connectivity index (χ2v) is 10.7. The fourth-order valence-electron chi connectivity index (χ4n) is 4.34. The van der Waals surface area contributed by atoms with Crippen LogP contribution in [0.2, 0.25) is 0 Å². The molecule has 2 heterocycles. The molecular weight excluding hydrogens is 398 g/mol. The number of rotatable bonds is 10. The molecule has 0 radical (unpaired) electrons. The third-order valence-corrected chi connectivity index (χ3v) is 7.71. The minimum Gasteiger partial charge on any atom is -0.396 e. The van der Waals surface area contributed by atoms with Gasteiger partial charge in [0.05, 0.1) is 24.2 Å². The maximum atomic E-state index is 13.0. The lowest BCUT2D eigenvalue weighted by molar-refractivity contribution is 0.121. The molecule has 1 aliphatic heterocycles. The molecule has 6 nitrogen and oxygen atoms in total. The number of aromatic nitrogens is 2. The Labute approximate surface area is 180 Å². The highest BCUT2D eigenvalue weighted by Crippen LogP contribution is 2.25. The quantitative estimate of drug-likeness (QED) is 0.621. The van der Waals surface area contributed by atoms with Gasteiger partial charge in [0.2, 0.25) is 15.0 Å². The standard InChI is InChI=1S/C23H35N3O3S/c1-19(2)18-30(28,29)23-24-15-22(26(23)16-20-9-4-3-5-10-20)17-25-13-7-6-11-21(25)12-8-14-27/h3-5,9-10,15,19,21,27H,6-8,11-14,16-18H2,1-2H3/t21-/m1/s1. The molecule has 3 rings (SSSR count). The molecule has 0 amide bonds. The number of benzene rings is 1. The highest BCUT2D eigenvalue weighted by molar-refractivity contribution is 7.91. The molecule has 1 saturated heterocycles. The number of sulfone groups is 1. The van der Waals surface area contributed by atoms with E-state index >= 15 is 0 Å². The lowest BCUT2D eigenvalue weighted by atomic mass is 9.98. The second-order valence-electron chi connectivity index (χ2n) is 8.77. The lowest BCUT2D eigenvalue weighted by Crippen LogP contribution is -2.39. The van der Waals surface area contributed by atoms with E-state index in [1.54, 1.807) is 6.20 Å². The average molecular weight is 434 g/mol. The number of hydrogen-bond acceptors (Lipinski definition) is 5. The fraction of sp³-hybridized carbons (Fsp3) is 0.609. The molecular formula is C23H35N3O3S. The van der Waals surface area contributed by atoms with Gasteiger partial charge in [0.15, 0.2) is 0 Å². The molecule has 1 N–H and O–H groups in total. The van der Waals surface area contributed by atoms with Crippen LogP contribution in [0.15, 0.2) is 41.7 Å². The highest BCUT2D eigenvalue weighted by atomic mass is 32.2. The van der Waals surface area contributed by atoms with Crippen LogP contribution in [0.5, 0.6) is 0 Å². The van der Waals surface area contributed by atoms with Gasteiger partial charge in [-0.25, -0.2) is 13.4 Å². The largest absolute Gasteiger partial charge is 0.396 e. The summed E-state index contributed by atoms with van der Waals surface area (Å²) in [7, 11) is -3.46. The van der Waals surface area contributed by atoms with E-state index in [2.05, 4.69) is 9.88 Å². The molecule has 0 unspecified atom stereocenters. The maximum Gasteiger partial charge on any atom is 0.228 e. The van der Waals surface area contributed by atoms with Gasteiger partial charge >= 0.3 is 0 Å². The molecule has 2 aromatic rings. The van der Waals surface area contributed by atoms with E-state index in [1.807, 2.05) is 48.7 Å². The smallest absolute Gasteiger partial charge is 0.228 e. The number of nitrogens with zero attached hydrogens (tertiary/aromatic N) is 3. The molecule has 1 aromatic carbocycles. The first kappa shape index (κ1) is 23.0. The predicted molar refractivity (Wildman–Crippen MR) is 119 cm³/mol. The summed E-state index contributed by atoms with van der Waals surface area (Å²) in [6, 6.07) is 10.4. The Morgan fingerprint density at radius 1 is 1.17 bits per heavy atom. The van der Waals surface area contributed by atoms with Crippen molar-refractivity contribution in [2.24, 2.45) is 5.92 Å². The van der Waals surface area contributed by atoms with Gasteiger partial charge in [0, 0.05) is 19.2 Å². The van der Waals surface area contributed by atoms with Crippen molar-refractivity contribution in [3.05, 3.63) is 47.8 Å². The monoisotopic (exact) mass is 433 g/mol. The summed E-state index contributed by atoms with van der Waals surface area (Å²) >= 11 is 0. The summed E-state index contributed by atoms with van der Waals surface area (Å²) in [5.41, 5.74) is 2.00. The van der Waals surface area contributed by atoms with E-state index < -0.39 is 9.84 Å². The summed E-state index contributed by atoms with van der Waals surface area (Å²) < 4.78 is 28.0. The minimum atomic E-state index is -3.46. The predicted octanol–water partition coefficient (Wildman–Crippen LogP) is 3.49. The lowest BCUT2D eigenvalue weighted by Gasteiger charge is -2.36. The molecule has 0 aliphatic carbocycles. The second kappa shape index (κ2) is 10.6. The zero-order valence-electron chi connectivity index (χ0n) is 18.2. The van der Waals surface area contributed by atoms with Crippen molar-refractivity contribution >= 4 is 9.84 Å². The first-order valence-corrected chi connectivity index (χ1v) is 12.7. The first-order valence-electron chi connectivity index (χ1n) is 11.1. The molecule has 1 atom stereocenters. The van der Waals surface area contributed by atoms with E-state index in [9.17, 15) is 13.5 Å². The molecule has 7 heteroatoms. The number of piperidine rings is 1. The van der Waals surface area contributed by atoms with Gasteiger partial charge in [-0.15, -0.1) is 0 Å². The molecule has 0 bridgehead atoms. The van der Waals surface area contributed by atoms with Crippen LogP contribution < -0.4 is 0 Å². The molecule has 1 aliphatic rings. The van der Waals surface area contributed by atoms with Crippen molar-refractivity contribution in [1.82, 2.24) is 14.5 Å². The van der Waals surface area contributed by atoms with Gasteiger partial charge in [0.1, 0.15) is 0 Å². The van der Waals surface area contributed by atoms with E-state index in [4.69, 9.17) is 0 Å². The van der Waals surface area contributed by atoms with E-state index in [-0.39, 0.29) is 23.4 Å². The van der Waals surface area contributed by atoms with Crippen LogP contribution in [-0.4, -0.2) is 52.9 Å². The van der Waals surface area contributed by atoms with Crippen molar-refractivity contribution in [1.29, 1.82) is 0 Å². The third kappa shape index (κ3) is 5.93. The van der Waals surface area contributed by atoms with Crippen LogP contribution in [0.1, 0.15) is 57.2 Å². The van der Waals surface area contributed by atoms with Gasteiger partial charge in [-0.2, -0.15) is 0 Å². The Kier molecular flexibility index (Phi) is 8.08. The van der Waals surface area contributed by atoms with Crippen molar-refractivity contribution in [2.45, 2.75) is 70.2 Å². The molecule has 1 aromatic heterocycles. The van der Waals surface area contributed by atoms with Crippen LogP contribution in [0, 0.1) is 5.92 Å². The summed E-state index contributed by atoms with van der Waals surface area (Å²) in [6.45, 7) is 6.24. The van der Waals surface area contributed by atoms with E-state index in [0.29, 0.717) is 19.1 Å². The Bertz CT molecular complexity index is 894. The topological polar surface area (TPSA) is 75.4 Å². The molecule has 0 saturated carbocycles. The molecule has 166 valence electrons. The minimum absolute atomic E-state index is 0.0466. The van der Waals surface area contributed by atoms with Gasteiger partial charge < -0.3 is 9.67 Å². The summed E-state index contributed by atoms with van der Waals surface area (Å²) in [4.78, 5) is 6.84. The van der Waals surface area contributed by atoms with E-state index in [0.717, 1.165) is 43.5 Å². The van der Waals surface area contributed by atoms with Crippen LogP contribution in [0.3, 0.4) is 0 Å². The fourth-order valence-corrected chi connectivity index (χ4v) is 6.10. The van der Waals surface area contributed by atoms with Crippen molar-refractivity contribution < 1.29 is 13.5 Å². The Balaban J connectivity index is 1.91. The van der Waals surface area contributed by atoms with Crippen LogP contribution in [0.4, 0.5) is 0 Å². The number of likely N-dealkylation sites (tertiary alicyclic amines) is 1. The molecule has 0 spiro atoms. The molecule has 30 heavy (non-hydrogen) atoms. The summed E-state index contributed by atoms with van der Waals surface area (Å²) in [6.07, 6.45) is 7.02. The SMILES string of the molecule is CC(C)CS(=O)(=O)c1ncc(CN2CCCC[C@@H]2CCCO)n1Cc1ccccc1. The molecule has 1 fully saturated rings. The zero-order chi connectivity index (χ0) is 21.6. The van der Waals surface area contributed by atoms with Gasteiger partial charge in [0.25, 0.3) is 0 Å². The van der Waals surface area contributed by atoms with E-state index in [1.165, 1.54) is 6.42 Å². The Hall–Kier alpha value is -1.70. The number of aliphatic hydroxyl groups excluding tert-OH is 1. The first-order chi connectivity index (χ1) is 14.4. The van der Waals surface area contributed by atoms with Crippen molar-refractivity contribution in [2.75, 3.05) is 18.9 Å². The van der Waals surface area contributed by atoms with Crippen LogP contribution in [-0.2, 0) is 22.9 Å². The third-order valence-electron chi connectivity index (χ3n) is 5.73. The normalized spacial score (nSPS) is 18.2. The zero-order valence-corrected chi connectivity index (χ0v) is 19.0. The summed E-state index contributed by atoms with van der Waals surface area (Å²) in [5, 5.41) is 9.43. The number of hydrogen-bond donors (Lipinski definition) is 1. The average Bonchev–Trinajstić information content (AvgIpc) is 3.10. The highest BCUT2D eigenvalue weighted by Gasteiger charge is 2.27. The van der Waals surface area contributed by atoms with Gasteiger partial charge in [-0.1, -0.05) is 50.6 Å². The Morgan fingerprint density at radius 3 is 2.63 bits per heavy atom. The van der Waals surface area contributed by atoms with Crippen molar-refractivity contribution in [3.63, 3.8) is 0 Å². The van der Waals surface area contributed by atoms with Gasteiger partial charge in [-0.05, 0) is 43.7 Å². The number of imidazole rings is 1. The maximum absolute atomic E-state index is 13.0. The summed E-state index contributed by atoms with van der Waals surface area (Å²) in [5.74, 6) is 0.145.